The smallest absolute Gasteiger partial charge is 0.258 e. The zero-order valence-electron chi connectivity index (χ0n) is 19.6. The zero-order chi connectivity index (χ0) is 24.4. The Morgan fingerprint density at radius 3 is 2.74 bits per heavy atom. The SMILES string of the molecule is C=CCn1c(SCC(=O)Nc2cccc(Cl)c2)nc2c(c1=O)C1(CCCCC1)Cc1ccccc1-2. The van der Waals surface area contributed by atoms with Crippen molar-refractivity contribution in [3.63, 3.8) is 0 Å². The summed E-state index contributed by atoms with van der Waals surface area (Å²) in [6.45, 7) is 4.22. The van der Waals surface area contributed by atoms with Crippen molar-refractivity contribution in [3.8, 4) is 11.3 Å². The molecular weight excluding hydrogens is 478 g/mol. The van der Waals surface area contributed by atoms with Crippen LogP contribution in [-0.4, -0.2) is 21.2 Å². The Balaban J connectivity index is 1.53. The minimum atomic E-state index is -0.182. The van der Waals surface area contributed by atoms with Gasteiger partial charge in [0.05, 0.1) is 17.0 Å². The summed E-state index contributed by atoms with van der Waals surface area (Å²) in [5.74, 6) is -0.0552. The van der Waals surface area contributed by atoms with Crippen LogP contribution < -0.4 is 10.9 Å². The normalized spacial score (nSPS) is 15.8. The molecule has 3 aromatic rings. The van der Waals surface area contributed by atoms with Crippen LogP contribution in [-0.2, 0) is 23.2 Å². The quantitative estimate of drug-likeness (QED) is 0.245. The monoisotopic (exact) mass is 505 g/mol. The van der Waals surface area contributed by atoms with Gasteiger partial charge in [-0.3, -0.25) is 14.2 Å². The highest BCUT2D eigenvalue weighted by Crippen LogP contribution is 2.48. The maximum absolute atomic E-state index is 14.0. The molecule has 180 valence electrons. The van der Waals surface area contributed by atoms with Crippen molar-refractivity contribution in [1.82, 2.24) is 9.55 Å². The average Bonchev–Trinajstić information content (AvgIpc) is 2.85. The van der Waals surface area contributed by atoms with Crippen LogP contribution in [0.3, 0.4) is 0 Å². The van der Waals surface area contributed by atoms with Gasteiger partial charge < -0.3 is 5.32 Å². The number of aromatic nitrogens is 2. The number of carbonyl (C=O) groups is 1. The molecule has 1 fully saturated rings. The number of benzene rings is 2. The fourth-order valence-corrected chi connectivity index (χ4v) is 6.51. The molecule has 1 heterocycles. The summed E-state index contributed by atoms with van der Waals surface area (Å²) >= 11 is 7.30. The Bertz CT molecular complexity index is 1340. The van der Waals surface area contributed by atoms with E-state index in [0.717, 1.165) is 48.9 Å². The van der Waals surface area contributed by atoms with Gasteiger partial charge in [0, 0.05) is 28.2 Å². The molecule has 0 bridgehead atoms. The van der Waals surface area contributed by atoms with Crippen LogP contribution in [0.2, 0.25) is 5.02 Å². The minimum Gasteiger partial charge on any atom is -0.325 e. The molecule has 0 aliphatic heterocycles. The van der Waals surface area contributed by atoms with E-state index in [1.807, 2.05) is 6.07 Å². The number of carbonyl (C=O) groups excluding carboxylic acids is 1. The topological polar surface area (TPSA) is 64.0 Å². The fourth-order valence-electron chi connectivity index (χ4n) is 5.52. The molecule has 1 aromatic heterocycles. The maximum Gasteiger partial charge on any atom is 0.258 e. The van der Waals surface area contributed by atoms with E-state index in [1.165, 1.54) is 23.7 Å². The van der Waals surface area contributed by atoms with E-state index in [1.54, 1.807) is 34.9 Å². The van der Waals surface area contributed by atoms with Gasteiger partial charge in [-0.2, -0.15) is 0 Å². The summed E-state index contributed by atoms with van der Waals surface area (Å²) in [6, 6.07) is 15.3. The Morgan fingerprint density at radius 2 is 1.97 bits per heavy atom. The van der Waals surface area contributed by atoms with Crippen molar-refractivity contribution in [2.45, 2.75) is 55.6 Å². The number of thioether (sulfide) groups is 1. The molecule has 1 amide bonds. The molecule has 7 heteroatoms. The number of hydrogen-bond acceptors (Lipinski definition) is 4. The molecule has 2 aliphatic carbocycles. The van der Waals surface area contributed by atoms with Gasteiger partial charge in [-0.25, -0.2) is 4.98 Å². The van der Waals surface area contributed by atoms with Crippen molar-refractivity contribution >= 4 is 35.0 Å². The summed E-state index contributed by atoms with van der Waals surface area (Å²) in [4.78, 5) is 31.8. The highest BCUT2D eigenvalue weighted by Gasteiger charge is 2.43. The lowest BCUT2D eigenvalue weighted by Gasteiger charge is -2.42. The minimum absolute atomic E-state index is 0.00375. The molecule has 1 spiro atoms. The summed E-state index contributed by atoms with van der Waals surface area (Å²) in [5, 5.41) is 3.96. The molecule has 1 saturated carbocycles. The van der Waals surface area contributed by atoms with E-state index >= 15 is 0 Å². The number of amides is 1. The first-order valence-electron chi connectivity index (χ1n) is 12.0. The largest absolute Gasteiger partial charge is 0.325 e. The summed E-state index contributed by atoms with van der Waals surface area (Å²) in [5.41, 5.74) is 4.41. The Morgan fingerprint density at radius 1 is 1.17 bits per heavy atom. The highest BCUT2D eigenvalue weighted by molar-refractivity contribution is 7.99. The van der Waals surface area contributed by atoms with Gasteiger partial charge in [0.1, 0.15) is 0 Å². The van der Waals surface area contributed by atoms with Crippen molar-refractivity contribution in [2.24, 2.45) is 0 Å². The molecule has 0 unspecified atom stereocenters. The summed E-state index contributed by atoms with van der Waals surface area (Å²) < 4.78 is 1.69. The second-order valence-corrected chi connectivity index (χ2v) is 10.7. The number of hydrogen-bond donors (Lipinski definition) is 1. The molecule has 0 radical (unpaired) electrons. The van der Waals surface area contributed by atoms with Gasteiger partial charge in [-0.1, -0.05) is 79.0 Å². The van der Waals surface area contributed by atoms with E-state index in [9.17, 15) is 9.59 Å². The van der Waals surface area contributed by atoms with E-state index in [0.29, 0.717) is 22.4 Å². The number of nitrogens with zero attached hydrogens (tertiary/aromatic N) is 2. The predicted molar refractivity (Wildman–Crippen MR) is 143 cm³/mol. The first-order valence-corrected chi connectivity index (χ1v) is 13.4. The fraction of sp³-hybridized carbons (Fsp3) is 0.321. The third kappa shape index (κ3) is 4.69. The van der Waals surface area contributed by atoms with E-state index < -0.39 is 0 Å². The van der Waals surface area contributed by atoms with Crippen LogP contribution in [0.4, 0.5) is 5.69 Å². The Labute approximate surface area is 214 Å². The lowest BCUT2D eigenvalue weighted by Crippen LogP contribution is -2.43. The molecule has 0 saturated heterocycles. The number of rotatable bonds is 6. The third-order valence-electron chi connectivity index (χ3n) is 7.03. The van der Waals surface area contributed by atoms with E-state index in [4.69, 9.17) is 16.6 Å². The lowest BCUT2D eigenvalue weighted by molar-refractivity contribution is -0.113. The van der Waals surface area contributed by atoms with Crippen LogP contribution in [0.1, 0.15) is 43.2 Å². The Kier molecular flexibility index (Phi) is 6.85. The van der Waals surface area contributed by atoms with Gasteiger partial charge in [-0.05, 0) is 43.0 Å². The molecule has 1 N–H and O–H groups in total. The first kappa shape index (κ1) is 23.9. The molecule has 5 nitrogen and oxygen atoms in total. The summed E-state index contributed by atoms with van der Waals surface area (Å²) in [7, 11) is 0. The molecule has 35 heavy (non-hydrogen) atoms. The van der Waals surface area contributed by atoms with E-state index in [2.05, 4.69) is 30.1 Å². The van der Waals surface area contributed by atoms with Crippen LogP contribution in [0.25, 0.3) is 11.3 Å². The summed E-state index contributed by atoms with van der Waals surface area (Å²) in [6.07, 6.45) is 8.08. The molecule has 2 aliphatic rings. The number of allylic oxidation sites excluding steroid dienone is 1. The van der Waals surface area contributed by atoms with Gasteiger partial charge >= 0.3 is 0 Å². The van der Waals surface area contributed by atoms with Crippen LogP contribution in [0.5, 0.6) is 0 Å². The Hall–Kier alpha value is -2.83. The maximum atomic E-state index is 14.0. The van der Waals surface area contributed by atoms with Crippen molar-refractivity contribution in [1.29, 1.82) is 0 Å². The second kappa shape index (κ2) is 10.0. The molecule has 5 rings (SSSR count). The van der Waals surface area contributed by atoms with Crippen LogP contribution >= 0.6 is 23.4 Å². The number of nitrogens with one attached hydrogen (secondary N) is 1. The zero-order valence-corrected chi connectivity index (χ0v) is 21.1. The third-order valence-corrected chi connectivity index (χ3v) is 8.24. The van der Waals surface area contributed by atoms with Crippen LogP contribution in [0.15, 0.2) is 71.1 Å². The lowest BCUT2D eigenvalue weighted by atomic mass is 9.62. The highest BCUT2D eigenvalue weighted by atomic mass is 35.5. The number of fused-ring (bicyclic) bond motifs is 4. The van der Waals surface area contributed by atoms with Crippen molar-refractivity contribution in [2.75, 3.05) is 11.1 Å². The van der Waals surface area contributed by atoms with Crippen molar-refractivity contribution in [3.05, 3.63) is 87.7 Å². The van der Waals surface area contributed by atoms with Gasteiger partial charge in [-0.15, -0.1) is 6.58 Å². The van der Waals surface area contributed by atoms with Crippen molar-refractivity contribution < 1.29 is 4.79 Å². The molecule has 0 atom stereocenters. The van der Waals surface area contributed by atoms with E-state index in [-0.39, 0.29) is 22.6 Å². The number of anilines is 1. The second-order valence-electron chi connectivity index (χ2n) is 9.34. The van der Waals surface area contributed by atoms with Gasteiger partial charge in [0.25, 0.3) is 5.56 Å². The van der Waals surface area contributed by atoms with Crippen LogP contribution in [0, 0.1) is 0 Å². The average molecular weight is 506 g/mol. The van der Waals surface area contributed by atoms with Gasteiger partial charge in [0.15, 0.2) is 5.16 Å². The molecule has 2 aromatic carbocycles. The molecular formula is C28H28ClN3O2S. The predicted octanol–water partition coefficient (Wildman–Crippen LogP) is 6.24. The first-order chi connectivity index (χ1) is 17.0. The standard InChI is InChI=1S/C28H28ClN3O2S/c1-2-15-32-26(34)24-25(22-12-5-4-9-19(22)17-28(24)13-6-3-7-14-28)31-27(32)35-18-23(33)30-21-11-8-10-20(29)16-21/h2,4-5,8-12,16H,1,3,6-7,13-15,17-18H2,(H,30,33). The number of halogens is 1. The van der Waals surface area contributed by atoms with Gasteiger partial charge in [0.2, 0.25) is 5.91 Å².